The maximum atomic E-state index is 12.9. The molecule has 0 atom stereocenters. The summed E-state index contributed by atoms with van der Waals surface area (Å²) in [4.78, 5) is 17.4. The maximum absolute atomic E-state index is 12.9. The van der Waals surface area contributed by atoms with Gasteiger partial charge in [-0.25, -0.2) is 5.43 Å². The minimum atomic E-state index is -0.307. The number of nitrogens with one attached hydrogen (secondary N) is 2. The summed E-state index contributed by atoms with van der Waals surface area (Å²) >= 11 is 0. The second-order valence-electron chi connectivity index (χ2n) is 7.30. The molecule has 1 amide bonds. The molecular formula is C24H23N5O3. The molecule has 8 nitrogen and oxygen atoms in total. The molecule has 0 aliphatic heterocycles. The first-order valence-electron chi connectivity index (χ1n) is 9.97. The van der Waals surface area contributed by atoms with Crippen LogP contribution >= 0.6 is 0 Å². The zero-order chi connectivity index (χ0) is 22.7. The molecule has 2 aromatic heterocycles. The number of benzene rings is 2. The van der Waals surface area contributed by atoms with Gasteiger partial charge in [-0.3, -0.25) is 14.9 Å². The number of nitrogens with zero attached hydrogens (tertiary/aromatic N) is 3. The number of hydrogen-bond donors (Lipinski definition) is 2. The first kappa shape index (κ1) is 21.0. The van der Waals surface area contributed by atoms with Crippen LogP contribution < -0.4 is 14.9 Å². The summed E-state index contributed by atoms with van der Waals surface area (Å²) in [7, 11) is 3.17. The lowest BCUT2D eigenvalue weighted by atomic mass is 10.0. The average Bonchev–Trinajstić information content (AvgIpc) is 3.26. The quantitative estimate of drug-likeness (QED) is 0.356. The number of hydrogen-bond acceptors (Lipinski definition) is 6. The van der Waals surface area contributed by atoms with Crippen molar-refractivity contribution >= 4 is 23.0 Å². The lowest BCUT2D eigenvalue weighted by Gasteiger charge is -2.09. The summed E-state index contributed by atoms with van der Waals surface area (Å²) in [6.45, 7) is 3.84. The van der Waals surface area contributed by atoms with Crippen LogP contribution in [-0.2, 0) is 0 Å². The number of amides is 1. The topological polar surface area (TPSA) is 101 Å². The molecule has 0 aliphatic carbocycles. The molecule has 0 bridgehead atoms. The molecule has 0 fully saturated rings. The lowest BCUT2D eigenvalue weighted by Crippen LogP contribution is -2.18. The van der Waals surface area contributed by atoms with E-state index in [0.29, 0.717) is 22.6 Å². The third-order valence-corrected chi connectivity index (χ3v) is 5.05. The average molecular weight is 429 g/mol. The van der Waals surface area contributed by atoms with Crippen LogP contribution in [0.3, 0.4) is 0 Å². The Labute approximate surface area is 185 Å². The number of H-pyrrole nitrogens is 1. The van der Waals surface area contributed by atoms with Crippen molar-refractivity contribution in [3.63, 3.8) is 0 Å². The molecule has 2 heterocycles. The maximum Gasteiger partial charge on any atom is 0.272 e. The van der Waals surface area contributed by atoms with E-state index in [2.05, 4.69) is 25.7 Å². The molecule has 2 N–H and O–H groups in total. The second-order valence-corrected chi connectivity index (χ2v) is 7.30. The molecule has 4 aromatic rings. The fourth-order valence-electron chi connectivity index (χ4n) is 3.50. The number of rotatable bonds is 6. The predicted octanol–water partition coefficient (Wildman–Crippen LogP) is 4.02. The van der Waals surface area contributed by atoms with Crippen molar-refractivity contribution in [3.8, 4) is 22.8 Å². The highest BCUT2D eigenvalue weighted by Gasteiger charge is 2.13. The van der Waals surface area contributed by atoms with E-state index in [1.54, 1.807) is 32.7 Å². The predicted molar refractivity (Wildman–Crippen MR) is 123 cm³/mol. The Bertz CT molecular complexity index is 1330. The molecular weight excluding hydrogens is 406 g/mol. The summed E-state index contributed by atoms with van der Waals surface area (Å²) in [5.74, 6) is 0.929. The normalized spacial score (nSPS) is 11.1. The number of hydrazone groups is 1. The van der Waals surface area contributed by atoms with Gasteiger partial charge < -0.3 is 9.47 Å². The molecule has 162 valence electrons. The number of carbonyl (C=O) groups excluding carboxylic acids is 1. The summed E-state index contributed by atoms with van der Waals surface area (Å²) in [5, 5.41) is 12.0. The van der Waals surface area contributed by atoms with Crippen LogP contribution in [-0.4, -0.2) is 41.5 Å². The number of aromatic nitrogens is 3. The van der Waals surface area contributed by atoms with Crippen LogP contribution in [0.1, 0.15) is 27.2 Å². The van der Waals surface area contributed by atoms with E-state index >= 15 is 0 Å². The fourth-order valence-corrected chi connectivity index (χ4v) is 3.50. The summed E-state index contributed by atoms with van der Waals surface area (Å²) in [6, 6.07) is 13.2. The second kappa shape index (κ2) is 8.89. The van der Waals surface area contributed by atoms with Gasteiger partial charge in [0, 0.05) is 22.2 Å². The number of ether oxygens (including phenoxy) is 2. The van der Waals surface area contributed by atoms with Crippen LogP contribution in [0, 0.1) is 13.8 Å². The number of aromatic amines is 1. The molecule has 32 heavy (non-hydrogen) atoms. The largest absolute Gasteiger partial charge is 0.493 e. The molecule has 0 aliphatic rings. The van der Waals surface area contributed by atoms with Crippen LogP contribution in [0.2, 0.25) is 0 Å². The summed E-state index contributed by atoms with van der Waals surface area (Å²) in [5.41, 5.74) is 8.03. The molecule has 0 saturated heterocycles. The number of fused-ring (bicyclic) bond motifs is 1. The van der Waals surface area contributed by atoms with Gasteiger partial charge >= 0.3 is 0 Å². The van der Waals surface area contributed by atoms with Gasteiger partial charge in [0.1, 0.15) is 0 Å². The van der Waals surface area contributed by atoms with Crippen molar-refractivity contribution in [3.05, 3.63) is 71.0 Å². The zero-order valence-electron chi connectivity index (χ0n) is 18.3. The van der Waals surface area contributed by atoms with Gasteiger partial charge in [-0.05, 0) is 50.2 Å². The van der Waals surface area contributed by atoms with Gasteiger partial charge in [0.05, 0.1) is 43.4 Å². The Hall–Kier alpha value is -4.20. The fraction of sp³-hybridized carbons (Fsp3) is 0.167. The van der Waals surface area contributed by atoms with Crippen molar-refractivity contribution in [1.82, 2.24) is 20.6 Å². The van der Waals surface area contributed by atoms with Crippen LogP contribution in [0.15, 0.2) is 53.8 Å². The summed E-state index contributed by atoms with van der Waals surface area (Å²) < 4.78 is 10.7. The third kappa shape index (κ3) is 4.15. The minimum Gasteiger partial charge on any atom is -0.493 e. The molecule has 0 spiro atoms. The van der Waals surface area contributed by atoms with Gasteiger partial charge in [-0.15, -0.1) is 0 Å². The van der Waals surface area contributed by atoms with Gasteiger partial charge in [0.25, 0.3) is 5.91 Å². The minimum absolute atomic E-state index is 0.307. The molecule has 8 heteroatoms. The Morgan fingerprint density at radius 2 is 1.88 bits per heavy atom. The highest BCUT2D eigenvalue weighted by molar-refractivity contribution is 6.06. The smallest absolute Gasteiger partial charge is 0.272 e. The highest BCUT2D eigenvalue weighted by atomic mass is 16.5. The van der Waals surface area contributed by atoms with Crippen molar-refractivity contribution in [2.75, 3.05) is 14.2 Å². The Morgan fingerprint density at radius 3 is 2.66 bits per heavy atom. The standard InChI is InChI=1S/C24H23N5O3/c1-14-5-7-20-18(9-14)19(10-15(2)27-20)24(30)29-26-13-17-12-25-28-23(17)16-6-8-21(31-3)22(11-16)32-4/h5-13H,1-4H3,(H,25,28)(H,29,30). The SMILES string of the molecule is COc1ccc(-c2[nH]ncc2C=NNC(=O)c2cc(C)nc3ccc(C)cc23)cc1OC. The third-order valence-electron chi connectivity index (χ3n) is 5.05. The number of carbonyl (C=O) groups is 1. The van der Waals surface area contributed by atoms with Crippen molar-refractivity contribution in [2.45, 2.75) is 13.8 Å². The van der Waals surface area contributed by atoms with Gasteiger partial charge in [-0.2, -0.15) is 10.2 Å². The van der Waals surface area contributed by atoms with Gasteiger partial charge in [-0.1, -0.05) is 11.6 Å². The van der Waals surface area contributed by atoms with Crippen LogP contribution in [0.4, 0.5) is 0 Å². The van der Waals surface area contributed by atoms with E-state index in [4.69, 9.17) is 9.47 Å². The Kier molecular flexibility index (Phi) is 5.85. The first-order valence-corrected chi connectivity index (χ1v) is 9.97. The Balaban J connectivity index is 1.58. The van der Waals surface area contributed by atoms with Crippen molar-refractivity contribution in [1.29, 1.82) is 0 Å². The molecule has 0 unspecified atom stereocenters. The van der Waals surface area contributed by atoms with E-state index in [1.807, 2.05) is 50.2 Å². The number of pyridine rings is 1. The van der Waals surface area contributed by atoms with Gasteiger partial charge in [0.2, 0.25) is 0 Å². The van der Waals surface area contributed by atoms with E-state index in [-0.39, 0.29) is 5.91 Å². The van der Waals surface area contributed by atoms with Crippen molar-refractivity contribution in [2.24, 2.45) is 5.10 Å². The van der Waals surface area contributed by atoms with Crippen LogP contribution in [0.25, 0.3) is 22.2 Å². The number of methoxy groups -OCH3 is 2. The number of aryl methyl sites for hydroxylation is 2. The first-order chi connectivity index (χ1) is 15.5. The molecule has 4 rings (SSSR count). The van der Waals surface area contributed by atoms with E-state index in [0.717, 1.165) is 33.4 Å². The molecule has 0 radical (unpaired) electrons. The monoisotopic (exact) mass is 429 g/mol. The molecule has 2 aromatic carbocycles. The summed E-state index contributed by atoms with van der Waals surface area (Å²) in [6.07, 6.45) is 3.19. The lowest BCUT2D eigenvalue weighted by molar-refractivity contribution is 0.0956. The highest BCUT2D eigenvalue weighted by Crippen LogP contribution is 2.32. The van der Waals surface area contributed by atoms with Gasteiger partial charge in [0.15, 0.2) is 11.5 Å². The van der Waals surface area contributed by atoms with Crippen LogP contribution in [0.5, 0.6) is 11.5 Å². The Morgan fingerprint density at radius 1 is 1.06 bits per heavy atom. The van der Waals surface area contributed by atoms with E-state index < -0.39 is 0 Å². The van der Waals surface area contributed by atoms with E-state index in [1.165, 1.54) is 0 Å². The molecule has 0 saturated carbocycles. The zero-order valence-corrected chi connectivity index (χ0v) is 18.3. The van der Waals surface area contributed by atoms with E-state index in [9.17, 15) is 4.79 Å². The van der Waals surface area contributed by atoms with Crippen molar-refractivity contribution < 1.29 is 14.3 Å².